The van der Waals surface area contributed by atoms with Crippen LogP contribution in [-0.2, 0) is 6.18 Å². The molecule has 0 aromatic heterocycles. The summed E-state index contributed by atoms with van der Waals surface area (Å²) in [5.74, 6) is -1.54. The second kappa shape index (κ2) is 8.78. The van der Waals surface area contributed by atoms with Crippen molar-refractivity contribution in [2.75, 3.05) is 4.31 Å². The maximum Gasteiger partial charge on any atom is 0.416 e. The number of alkyl halides is 3. The Morgan fingerprint density at radius 3 is 1.85 bits per heavy atom. The molecule has 3 N–H and O–H groups in total. The zero-order chi connectivity index (χ0) is 19.5. The maximum atomic E-state index is 12.5. The van der Waals surface area contributed by atoms with Gasteiger partial charge in [0.2, 0.25) is 5.91 Å². The van der Waals surface area contributed by atoms with Crippen molar-refractivity contribution in [2.45, 2.75) is 6.18 Å². The molecule has 0 heterocycles. The van der Waals surface area contributed by atoms with Gasteiger partial charge in [0.1, 0.15) is 0 Å². The Morgan fingerprint density at radius 1 is 0.926 bits per heavy atom. The van der Waals surface area contributed by atoms with E-state index in [1.165, 1.54) is 24.3 Å². The SMILES string of the molecule is Cl.NC(=O)c1ccc(N(S)C(=O)NC(=O)c2ccc(C(F)(F)F)cc2)cc1. The minimum absolute atomic E-state index is 0. The van der Waals surface area contributed by atoms with Gasteiger partial charge in [-0.15, -0.1) is 12.4 Å². The topological polar surface area (TPSA) is 92.5 Å². The van der Waals surface area contributed by atoms with Gasteiger partial charge in [-0.05, 0) is 48.5 Å². The molecule has 0 bridgehead atoms. The van der Waals surface area contributed by atoms with Gasteiger partial charge in [0.15, 0.2) is 0 Å². The van der Waals surface area contributed by atoms with Gasteiger partial charge in [-0.25, -0.2) is 9.10 Å². The van der Waals surface area contributed by atoms with Crippen molar-refractivity contribution in [3.05, 3.63) is 65.2 Å². The number of rotatable bonds is 3. The zero-order valence-corrected chi connectivity index (χ0v) is 15.1. The van der Waals surface area contributed by atoms with Crippen LogP contribution in [0.5, 0.6) is 0 Å². The van der Waals surface area contributed by atoms with Crippen molar-refractivity contribution < 1.29 is 27.6 Å². The highest BCUT2D eigenvalue weighted by molar-refractivity contribution is 7.82. The fourth-order valence-corrected chi connectivity index (χ4v) is 2.10. The van der Waals surface area contributed by atoms with Crippen LogP contribution in [0.3, 0.4) is 0 Å². The van der Waals surface area contributed by atoms with Crippen molar-refractivity contribution in [3.8, 4) is 0 Å². The summed E-state index contributed by atoms with van der Waals surface area (Å²) in [6.45, 7) is 0. The van der Waals surface area contributed by atoms with E-state index >= 15 is 0 Å². The number of nitrogens with zero attached hydrogens (tertiary/aromatic N) is 1. The lowest BCUT2D eigenvalue weighted by Crippen LogP contribution is -2.38. The summed E-state index contributed by atoms with van der Waals surface area (Å²) in [7, 11) is 0. The molecule has 0 atom stereocenters. The third kappa shape index (κ3) is 5.63. The monoisotopic (exact) mass is 419 g/mol. The van der Waals surface area contributed by atoms with Crippen LogP contribution >= 0.6 is 25.2 Å². The number of nitrogens with two attached hydrogens (primary N) is 1. The molecule has 0 aliphatic carbocycles. The second-order valence-corrected chi connectivity index (χ2v) is 5.46. The number of urea groups is 1. The standard InChI is InChI=1S/C16H12F3N3O3S.ClH/c17-16(18,19)11-5-1-10(2-6-11)14(24)21-15(25)22(26)12-7-3-9(4-8-12)13(20)23;/h1-8,26H,(H2,20,23)(H,21,24,25);1H. The van der Waals surface area contributed by atoms with Gasteiger partial charge in [0, 0.05) is 11.1 Å². The number of imide groups is 1. The van der Waals surface area contributed by atoms with Crippen molar-refractivity contribution in [1.82, 2.24) is 5.32 Å². The minimum Gasteiger partial charge on any atom is -0.366 e. The molecule has 0 aliphatic heterocycles. The number of anilines is 1. The number of carbonyl (C=O) groups excluding carboxylic acids is 3. The highest BCUT2D eigenvalue weighted by Crippen LogP contribution is 2.29. The maximum absolute atomic E-state index is 12.5. The van der Waals surface area contributed by atoms with Crippen LogP contribution in [-0.4, -0.2) is 17.8 Å². The summed E-state index contributed by atoms with van der Waals surface area (Å²) in [5.41, 5.74) is 4.53. The molecule has 0 spiro atoms. The average molecular weight is 420 g/mol. The molecule has 11 heteroatoms. The molecule has 4 amide bonds. The normalized spacial score (nSPS) is 10.5. The second-order valence-electron chi connectivity index (χ2n) is 5.06. The predicted molar refractivity (Wildman–Crippen MR) is 98.0 cm³/mol. The third-order valence-corrected chi connectivity index (χ3v) is 3.70. The fourth-order valence-electron chi connectivity index (χ4n) is 1.92. The smallest absolute Gasteiger partial charge is 0.366 e. The van der Waals surface area contributed by atoms with E-state index in [1.807, 2.05) is 5.32 Å². The Kier molecular flexibility index (Phi) is 7.26. The van der Waals surface area contributed by atoms with E-state index in [2.05, 4.69) is 12.8 Å². The molecular formula is C16H13ClF3N3O3S. The summed E-state index contributed by atoms with van der Waals surface area (Å²) in [6, 6.07) is 7.96. The first-order valence-electron chi connectivity index (χ1n) is 7.01. The first-order valence-corrected chi connectivity index (χ1v) is 7.41. The van der Waals surface area contributed by atoms with Crippen LogP contribution in [0.4, 0.5) is 23.7 Å². The molecule has 0 radical (unpaired) electrons. The minimum atomic E-state index is -4.52. The van der Waals surface area contributed by atoms with E-state index in [0.717, 1.165) is 28.6 Å². The predicted octanol–water partition coefficient (Wildman–Crippen LogP) is 3.43. The summed E-state index contributed by atoms with van der Waals surface area (Å²) >= 11 is 3.95. The van der Waals surface area contributed by atoms with Crippen molar-refractivity contribution >= 4 is 48.8 Å². The Morgan fingerprint density at radius 2 is 1.41 bits per heavy atom. The Hall–Kier alpha value is -2.72. The zero-order valence-electron chi connectivity index (χ0n) is 13.4. The third-order valence-electron chi connectivity index (χ3n) is 3.28. The van der Waals surface area contributed by atoms with Gasteiger partial charge in [-0.1, -0.05) is 12.8 Å². The molecule has 2 aromatic rings. The summed E-state index contributed by atoms with van der Waals surface area (Å²) in [4.78, 5) is 35.0. The van der Waals surface area contributed by atoms with E-state index in [4.69, 9.17) is 5.73 Å². The van der Waals surface area contributed by atoms with Crippen LogP contribution in [0.1, 0.15) is 26.3 Å². The molecule has 0 unspecified atom stereocenters. The molecule has 6 nitrogen and oxygen atoms in total. The summed E-state index contributed by atoms with van der Waals surface area (Å²) in [6.07, 6.45) is -4.52. The number of thiol groups is 1. The van der Waals surface area contributed by atoms with E-state index in [1.54, 1.807) is 0 Å². The lowest BCUT2D eigenvalue weighted by Gasteiger charge is -2.16. The number of halogens is 4. The molecule has 144 valence electrons. The number of nitrogens with one attached hydrogen (secondary N) is 1. The van der Waals surface area contributed by atoms with Crippen LogP contribution < -0.4 is 15.4 Å². The number of hydrogen-bond donors (Lipinski definition) is 3. The molecule has 27 heavy (non-hydrogen) atoms. The fraction of sp³-hybridized carbons (Fsp3) is 0.0625. The molecular weight excluding hydrogens is 407 g/mol. The summed E-state index contributed by atoms with van der Waals surface area (Å²) in [5, 5.41) is 1.99. The van der Waals surface area contributed by atoms with Crippen LogP contribution in [0.2, 0.25) is 0 Å². The average Bonchev–Trinajstić information content (AvgIpc) is 2.60. The van der Waals surface area contributed by atoms with Gasteiger partial charge in [-0.3, -0.25) is 14.9 Å². The van der Waals surface area contributed by atoms with Gasteiger partial charge >= 0.3 is 12.2 Å². The van der Waals surface area contributed by atoms with Gasteiger partial charge < -0.3 is 5.73 Å². The Balaban J connectivity index is 0.00000364. The van der Waals surface area contributed by atoms with E-state index in [-0.39, 0.29) is 29.2 Å². The quantitative estimate of drug-likeness (QED) is 0.665. The van der Waals surface area contributed by atoms with Crippen LogP contribution in [0, 0.1) is 0 Å². The molecule has 0 saturated heterocycles. The Bertz CT molecular complexity index is 843. The number of carbonyl (C=O) groups is 3. The number of amides is 4. The number of benzene rings is 2. The van der Waals surface area contributed by atoms with E-state index in [9.17, 15) is 27.6 Å². The first-order chi connectivity index (χ1) is 12.1. The highest BCUT2D eigenvalue weighted by atomic mass is 35.5. The van der Waals surface area contributed by atoms with Gasteiger partial charge in [0.05, 0.1) is 11.3 Å². The van der Waals surface area contributed by atoms with Crippen LogP contribution in [0.15, 0.2) is 48.5 Å². The largest absolute Gasteiger partial charge is 0.416 e. The molecule has 0 fully saturated rings. The molecule has 0 saturated carbocycles. The van der Waals surface area contributed by atoms with Gasteiger partial charge in [-0.2, -0.15) is 13.2 Å². The van der Waals surface area contributed by atoms with E-state index < -0.39 is 29.6 Å². The lowest BCUT2D eigenvalue weighted by molar-refractivity contribution is -0.137. The first kappa shape index (κ1) is 22.3. The van der Waals surface area contributed by atoms with Gasteiger partial charge in [0.25, 0.3) is 5.91 Å². The highest BCUT2D eigenvalue weighted by Gasteiger charge is 2.30. The Labute approximate surface area is 163 Å². The van der Waals surface area contributed by atoms with Crippen LogP contribution in [0.25, 0.3) is 0 Å². The lowest BCUT2D eigenvalue weighted by atomic mass is 10.1. The number of primary amides is 1. The molecule has 2 rings (SSSR count). The van der Waals surface area contributed by atoms with Crippen molar-refractivity contribution in [2.24, 2.45) is 5.73 Å². The van der Waals surface area contributed by atoms with Crippen molar-refractivity contribution in [1.29, 1.82) is 0 Å². The van der Waals surface area contributed by atoms with Crippen molar-refractivity contribution in [3.63, 3.8) is 0 Å². The number of hydrogen-bond acceptors (Lipinski definition) is 4. The molecule has 2 aromatic carbocycles. The summed E-state index contributed by atoms with van der Waals surface area (Å²) < 4.78 is 38.3. The van der Waals surface area contributed by atoms with E-state index in [0.29, 0.717) is 0 Å². The molecule has 0 aliphatic rings.